The van der Waals surface area contributed by atoms with E-state index >= 15 is 0 Å². The molecule has 0 aliphatic carbocycles. The van der Waals surface area contributed by atoms with Gasteiger partial charge < -0.3 is 9.47 Å². The zero-order valence-corrected chi connectivity index (χ0v) is 16.0. The van der Waals surface area contributed by atoms with E-state index in [-0.39, 0.29) is 5.97 Å². The van der Waals surface area contributed by atoms with Crippen molar-refractivity contribution in [2.45, 2.75) is 53.0 Å². The second kappa shape index (κ2) is 8.05. The molecule has 0 saturated carbocycles. The number of benzene rings is 1. The standard InChI is InChI=1S/C20H25N3O3/c1-6-16-18(26-15-11-9-14(13-21)10-12-15)17(7-2)23(22-16)20(4,5)19(24)25-8-3/h9-12H,6-8H2,1-5H3. The highest BCUT2D eigenvalue weighted by molar-refractivity contribution is 5.78. The monoisotopic (exact) mass is 355 g/mol. The number of carbonyl (C=O) groups excluding carboxylic acids is 1. The first-order valence-electron chi connectivity index (χ1n) is 8.85. The van der Waals surface area contributed by atoms with Gasteiger partial charge in [-0.1, -0.05) is 13.8 Å². The Morgan fingerprint density at radius 2 is 1.85 bits per heavy atom. The number of aryl methyl sites for hydroxylation is 1. The molecule has 0 amide bonds. The third-order valence-electron chi connectivity index (χ3n) is 4.18. The van der Waals surface area contributed by atoms with Gasteiger partial charge in [-0.15, -0.1) is 0 Å². The van der Waals surface area contributed by atoms with Crippen molar-refractivity contribution in [3.05, 3.63) is 41.2 Å². The van der Waals surface area contributed by atoms with E-state index in [4.69, 9.17) is 14.7 Å². The minimum absolute atomic E-state index is 0.320. The first kappa shape index (κ1) is 19.5. The third-order valence-corrected chi connectivity index (χ3v) is 4.18. The molecule has 6 heteroatoms. The van der Waals surface area contributed by atoms with Crippen molar-refractivity contribution in [3.8, 4) is 17.6 Å². The van der Waals surface area contributed by atoms with Crippen molar-refractivity contribution in [1.29, 1.82) is 5.26 Å². The summed E-state index contributed by atoms with van der Waals surface area (Å²) >= 11 is 0. The third kappa shape index (κ3) is 3.72. The molecule has 2 rings (SSSR count). The van der Waals surface area contributed by atoms with Crippen LogP contribution < -0.4 is 4.74 Å². The van der Waals surface area contributed by atoms with Gasteiger partial charge >= 0.3 is 5.97 Å². The maximum atomic E-state index is 12.4. The maximum Gasteiger partial charge on any atom is 0.333 e. The van der Waals surface area contributed by atoms with Gasteiger partial charge in [0.15, 0.2) is 11.3 Å². The number of nitrogens with zero attached hydrogens (tertiary/aromatic N) is 3. The average Bonchev–Trinajstić information content (AvgIpc) is 3.00. The van der Waals surface area contributed by atoms with Crippen LogP contribution in [0.3, 0.4) is 0 Å². The van der Waals surface area contributed by atoms with E-state index in [1.807, 2.05) is 13.8 Å². The van der Waals surface area contributed by atoms with Crippen molar-refractivity contribution in [2.24, 2.45) is 0 Å². The molecule has 0 aliphatic rings. The van der Waals surface area contributed by atoms with Gasteiger partial charge in [0.25, 0.3) is 0 Å². The van der Waals surface area contributed by atoms with Gasteiger partial charge in [0.1, 0.15) is 11.4 Å². The van der Waals surface area contributed by atoms with Gasteiger partial charge in [0.2, 0.25) is 0 Å². The molecule has 0 saturated heterocycles. The van der Waals surface area contributed by atoms with Crippen LogP contribution in [0.1, 0.15) is 51.6 Å². The predicted molar refractivity (Wildman–Crippen MR) is 98.2 cm³/mol. The highest BCUT2D eigenvalue weighted by atomic mass is 16.5. The van der Waals surface area contributed by atoms with Crippen molar-refractivity contribution in [3.63, 3.8) is 0 Å². The fraction of sp³-hybridized carbons (Fsp3) is 0.450. The van der Waals surface area contributed by atoms with Crippen LogP contribution in [-0.4, -0.2) is 22.4 Å². The molecule has 0 bridgehead atoms. The highest BCUT2D eigenvalue weighted by Crippen LogP contribution is 2.34. The van der Waals surface area contributed by atoms with Crippen LogP contribution >= 0.6 is 0 Å². The Hall–Kier alpha value is -2.81. The Bertz CT molecular complexity index is 814. The van der Waals surface area contributed by atoms with Crippen LogP contribution in [0.5, 0.6) is 11.5 Å². The van der Waals surface area contributed by atoms with E-state index in [2.05, 4.69) is 11.2 Å². The van der Waals surface area contributed by atoms with Crippen molar-refractivity contribution >= 4 is 5.97 Å². The lowest BCUT2D eigenvalue weighted by atomic mass is 10.1. The number of rotatable bonds is 7. The smallest absolute Gasteiger partial charge is 0.333 e. The molecule has 0 N–H and O–H groups in total. The number of esters is 1. The quantitative estimate of drug-likeness (QED) is 0.702. The molecule has 26 heavy (non-hydrogen) atoms. The van der Waals surface area contributed by atoms with Crippen LogP contribution in [0.2, 0.25) is 0 Å². The van der Waals surface area contributed by atoms with Crippen LogP contribution in [0.4, 0.5) is 0 Å². The van der Waals surface area contributed by atoms with Crippen molar-refractivity contribution in [2.75, 3.05) is 6.61 Å². The lowest BCUT2D eigenvalue weighted by Gasteiger charge is -2.25. The van der Waals surface area contributed by atoms with Gasteiger partial charge in [0, 0.05) is 0 Å². The fourth-order valence-electron chi connectivity index (χ4n) is 2.72. The van der Waals surface area contributed by atoms with E-state index in [0.717, 1.165) is 11.4 Å². The molecule has 1 heterocycles. The summed E-state index contributed by atoms with van der Waals surface area (Å²) in [6.07, 6.45) is 1.33. The minimum atomic E-state index is -0.933. The molecular formula is C20H25N3O3. The Kier molecular flexibility index (Phi) is 6.04. The predicted octanol–water partition coefficient (Wildman–Crippen LogP) is 3.97. The van der Waals surface area contributed by atoms with E-state index in [0.29, 0.717) is 36.5 Å². The molecule has 0 unspecified atom stereocenters. The summed E-state index contributed by atoms with van der Waals surface area (Å²) in [5.74, 6) is 0.962. The molecular weight excluding hydrogens is 330 g/mol. The summed E-state index contributed by atoms with van der Waals surface area (Å²) in [4.78, 5) is 12.4. The Morgan fingerprint density at radius 3 is 2.35 bits per heavy atom. The summed E-state index contributed by atoms with van der Waals surface area (Å²) < 4.78 is 13.0. The zero-order valence-electron chi connectivity index (χ0n) is 16.0. The molecule has 6 nitrogen and oxygen atoms in total. The van der Waals surface area contributed by atoms with Crippen LogP contribution in [0.15, 0.2) is 24.3 Å². The lowest BCUT2D eigenvalue weighted by molar-refractivity contribution is -0.152. The van der Waals surface area contributed by atoms with Crippen LogP contribution in [-0.2, 0) is 27.9 Å². The number of hydrogen-bond donors (Lipinski definition) is 0. The fourth-order valence-corrected chi connectivity index (χ4v) is 2.72. The topological polar surface area (TPSA) is 77.1 Å². The number of hydrogen-bond acceptors (Lipinski definition) is 5. The molecule has 0 spiro atoms. The first-order valence-corrected chi connectivity index (χ1v) is 8.85. The molecule has 0 atom stereocenters. The van der Waals surface area contributed by atoms with Gasteiger partial charge in [-0.25, -0.2) is 9.48 Å². The Morgan fingerprint density at radius 1 is 1.19 bits per heavy atom. The molecule has 138 valence electrons. The van der Waals surface area contributed by atoms with Crippen molar-refractivity contribution in [1.82, 2.24) is 9.78 Å². The summed E-state index contributed by atoms with van der Waals surface area (Å²) in [7, 11) is 0. The van der Waals surface area contributed by atoms with E-state index < -0.39 is 5.54 Å². The van der Waals surface area contributed by atoms with Gasteiger partial charge in [-0.2, -0.15) is 10.4 Å². The minimum Gasteiger partial charge on any atom is -0.464 e. The zero-order chi connectivity index (χ0) is 19.3. The van der Waals surface area contributed by atoms with E-state index in [1.165, 1.54) is 0 Å². The summed E-state index contributed by atoms with van der Waals surface area (Å²) in [6, 6.07) is 9.01. The number of carbonyl (C=O) groups is 1. The van der Waals surface area contributed by atoms with Gasteiger partial charge in [0.05, 0.1) is 23.9 Å². The maximum absolute atomic E-state index is 12.4. The van der Waals surface area contributed by atoms with Crippen LogP contribution in [0, 0.1) is 11.3 Å². The highest BCUT2D eigenvalue weighted by Gasteiger charge is 2.36. The van der Waals surface area contributed by atoms with E-state index in [9.17, 15) is 4.79 Å². The molecule has 1 aromatic carbocycles. The largest absolute Gasteiger partial charge is 0.464 e. The van der Waals surface area contributed by atoms with Crippen LogP contribution in [0.25, 0.3) is 0 Å². The average molecular weight is 355 g/mol. The number of aromatic nitrogens is 2. The van der Waals surface area contributed by atoms with Gasteiger partial charge in [-0.3, -0.25) is 0 Å². The molecule has 2 aromatic rings. The molecule has 0 fully saturated rings. The first-order chi connectivity index (χ1) is 12.4. The second-order valence-corrected chi connectivity index (χ2v) is 6.36. The summed E-state index contributed by atoms with van der Waals surface area (Å²) in [6.45, 7) is 9.69. The normalized spacial score (nSPS) is 11.1. The molecule has 0 radical (unpaired) electrons. The molecule has 1 aromatic heterocycles. The number of nitriles is 1. The van der Waals surface area contributed by atoms with E-state index in [1.54, 1.807) is 49.7 Å². The Labute approximate surface area is 154 Å². The summed E-state index contributed by atoms with van der Waals surface area (Å²) in [5.41, 5.74) is 1.26. The molecule has 0 aliphatic heterocycles. The van der Waals surface area contributed by atoms with Gasteiger partial charge in [-0.05, 0) is 57.9 Å². The van der Waals surface area contributed by atoms with Crippen molar-refractivity contribution < 1.29 is 14.3 Å². The summed E-state index contributed by atoms with van der Waals surface area (Å²) in [5, 5.41) is 13.6. The lowest BCUT2D eigenvalue weighted by Crippen LogP contribution is -2.39. The Balaban J connectivity index is 2.47. The number of ether oxygens (including phenoxy) is 2. The second-order valence-electron chi connectivity index (χ2n) is 6.36. The SMILES string of the molecule is CCOC(=O)C(C)(C)n1nc(CC)c(Oc2ccc(C#N)cc2)c1CC.